The number of ether oxygens (including phenoxy) is 3. The van der Waals surface area contributed by atoms with Gasteiger partial charge in [-0.3, -0.25) is 4.79 Å². The van der Waals surface area contributed by atoms with E-state index in [1.54, 1.807) is 0 Å². The second kappa shape index (κ2) is 5.08. The maximum absolute atomic E-state index is 11.6. The second-order valence-electron chi connectivity index (χ2n) is 4.75. The third kappa shape index (κ3) is 3.31. The molecule has 0 N–H and O–H groups in total. The highest BCUT2D eigenvalue weighted by molar-refractivity contribution is 5.70. The van der Waals surface area contributed by atoms with Crippen LogP contribution in [0.3, 0.4) is 0 Å². The van der Waals surface area contributed by atoms with E-state index in [4.69, 9.17) is 14.2 Å². The first-order valence-electron chi connectivity index (χ1n) is 6.28. The van der Waals surface area contributed by atoms with E-state index in [1.807, 2.05) is 30.3 Å². The van der Waals surface area contributed by atoms with Crippen LogP contribution in [0.1, 0.15) is 18.4 Å². The standard InChI is InChI=1S/C14H16O4/c15-14(17-8-10-4-2-1-3-5-10)7-13-12(18-13)6-11-9-16-11/h1-5,11-13H,6-9H2. The third-order valence-corrected chi connectivity index (χ3v) is 3.20. The summed E-state index contributed by atoms with van der Waals surface area (Å²) in [4.78, 5) is 11.6. The molecule has 2 fully saturated rings. The van der Waals surface area contributed by atoms with Gasteiger partial charge in [0.2, 0.25) is 0 Å². The van der Waals surface area contributed by atoms with E-state index in [9.17, 15) is 4.79 Å². The van der Waals surface area contributed by atoms with Crippen molar-refractivity contribution in [3.05, 3.63) is 35.9 Å². The molecule has 3 atom stereocenters. The highest BCUT2D eigenvalue weighted by atomic mass is 16.6. The molecule has 0 saturated carbocycles. The van der Waals surface area contributed by atoms with Gasteiger partial charge in [0, 0.05) is 6.42 Å². The maximum Gasteiger partial charge on any atom is 0.308 e. The van der Waals surface area contributed by atoms with Crippen LogP contribution in [0.25, 0.3) is 0 Å². The Labute approximate surface area is 106 Å². The van der Waals surface area contributed by atoms with Crippen molar-refractivity contribution in [1.82, 2.24) is 0 Å². The lowest BCUT2D eigenvalue weighted by molar-refractivity contribution is -0.145. The van der Waals surface area contributed by atoms with Crippen molar-refractivity contribution in [2.45, 2.75) is 37.8 Å². The molecule has 4 heteroatoms. The van der Waals surface area contributed by atoms with E-state index in [1.165, 1.54) is 0 Å². The average Bonchev–Trinajstić information content (AvgIpc) is 3.29. The number of rotatable bonds is 6. The van der Waals surface area contributed by atoms with Gasteiger partial charge < -0.3 is 14.2 Å². The molecular weight excluding hydrogens is 232 g/mol. The van der Waals surface area contributed by atoms with Crippen LogP contribution in [-0.4, -0.2) is 30.9 Å². The Morgan fingerprint density at radius 2 is 2.06 bits per heavy atom. The van der Waals surface area contributed by atoms with Crippen molar-refractivity contribution in [2.75, 3.05) is 6.61 Å². The summed E-state index contributed by atoms with van der Waals surface area (Å²) in [5, 5.41) is 0. The number of hydrogen-bond donors (Lipinski definition) is 0. The lowest BCUT2D eigenvalue weighted by atomic mass is 10.1. The minimum absolute atomic E-state index is 0.0393. The number of benzene rings is 1. The molecule has 1 aromatic rings. The van der Waals surface area contributed by atoms with Gasteiger partial charge in [-0.05, 0) is 5.56 Å². The molecule has 0 bridgehead atoms. The summed E-state index contributed by atoms with van der Waals surface area (Å²) in [6.45, 7) is 1.17. The largest absolute Gasteiger partial charge is 0.461 e. The summed E-state index contributed by atoms with van der Waals surface area (Å²) in [5.41, 5.74) is 1.01. The Balaban J connectivity index is 1.35. The molecule has 1 aromatic carbocycles. The minimum Gasteiger partial charge on any atom is -0.461 e. The monoisotopic (exact) mass is 248 g/mol. The molecule has 0 aliphatic carbocycles. The van der Waals surface area contributed by atoms with Gasteiger partial charge in [0.05, 0.1) is 31.3 Å². The topological polar surface area (TPSA) is 51.4 Å². The van der Waals surface area contributed by atoms with Crippen LogP contribution < -0.4 is 0 Å². The predicted molar refractivity (Wildman–Crippen MR) is 63.9 cm³/mol. The first-order valence-corrected chi connectivity index (χ1v) is 6.28. The van der Waals surface area contributed by atoms with Crippen molar-refractivity contribution in [2.24, 2.45) is 0 Å². The van der Waals surface area contributed by atoms with Crippen LogP contribution in [0.5, 0.6) is 0 Å². The molecule has 0 radical (unpaired) electrons. The summed E-state index contributed by atoms with van der Waals surface area (Å²) in [7, 11) is 0. The molecule has 2 saturated heterocycles. The number of hydrogen-bond acceptors (Lipinski definition) is 4. The molecule has 2 aliphatic rings. The number of carbonyl (C=O) groups is 1. The second-order valence-corrected chi connectivity index (χ2v) is 4.75. The van der Waals surface area contributed by atoms with Crippen molar-refractivity contribution in [3.8, 4) is 0 Å². The number of esters is 1. The van der Waals surface area contributed by atoms with E-state index >= 15 is 0 Å². The minimum atomic E-state index is -0.192. The van der Waals surface area contributed by atoms with Gasteiger partial charge in [-0.15, -0.1) is 0 Å². The summed E-state index contributed by atoms with van der Waals surface area (Å²) in [5.74, 6) is -0.192. The average molecular weight is 248 g/mol. The Bertz CT molecular complexity index is 413. The molecule has 4 nitrogen and oxygen atoms in total. The molecule has 96 valence electrons. The summed E-state index contributed by atoms with van der Waals surface area (Å²) < 4.78 is 15.7. The normalized spacial score (nSPS) is 28.8. The van der Waals surface area contributed by atoms with Crippen molar-refractivity contribution < 1.29 is 19.0 Å². The van der Waals surface area contributed by atoms with Gasteiger partial charge in [0.15, 0.2) is 0 Å². The Morgan fingerprint density at radius 3 is 2.78 bits per heavy atom. The lowest BCUT2D eigenvalue weighted by Crippen LogP contribution is -2.09. The van der Waals surface area contributed by atoms with Crippen molar-refractivity contribution in [3.63, 3.8) is 0 Å². The van der Waals surface area contributed by atoms with Crippen LogP contribution in [0.4, 0.5) is 0 Å². The lowest BCUT2D eigenvalue weighted by Gasteiger charge is -2.03. The van der Waals surface area contributed by atoms with E-state index < -0.39 is 0 Å². The van der Waals surface area contributed by atoms with Crippen LogP contribution in [0.15, 0.2) is 30.3 Å². The highest BCUT2D eigenvalue weighted by Gasteiger charge is 2.44. The SMILES string of the molecule is O=C(CC1OC1CC1CO1)OCc1ccccc1. The Hall–Kier alpha value is -1.39. The van der Waals surface area contributed by atoms with Gasteiger partial charge in [0.1, 0.15) is 6.61 Å². The maximum atomic E-state index is 11.6. The quantitative estimate of drug-likeness (QED) is 0.567. The van der Waals surface area contributed by atoms with Crippen LogP contribution >= 0.6 is 0 Å². The van der Waals surface area contributed by atoms with Crippen LogP contribution in [0.2, 0.25) is 0 Å². The number of carbonyl (C=O) groups excluding carboxylic acids is 1. The Morgan fingerprint density at radius 1 is 1.28 bits per heavy atom. The first-order chi connectivity index (χ1) is 8.81. The van der Waals surface area contributed by atoms with Crippen LogP contribution in [-0.2, 0) is 25.6 Å². The summed E-state index contributed by atoms with van der Waals surface area (Å²) >= 11 is 0. The smallest absolute Gasteiger partial charge is 0.308 e. The number of epoxide rings is 2. The molecule has 0 spiro atoms. The molecule has 2 heterocycles. The van der Waals surface area contributed by atoms with Gasteiger partial charge >= 0.3 is 5.97 Å². The summed E-state index contributed by atoms with van der Waals surface area (Å²) in [6.07, 6.45) is 1.86. The van der Waals surface area contributed by atoms with E-state index in [0.717, 1.165) is 18.6 Å². The van der Waals surface area contributed by atoms with Gasteiger partial charge in [-0.25, -0.2) is 0 Å². The summed E-state index contributed by atoms with van der Waals surface area (Å²) in [6, 6.07) is 9.67. The zero-order valence-corrected chi connectivity index (χ0v) is 10.1. The highest BCUT2D eigenvalue weighted by Crippen LogP contribution is 2.33. The third-order valence-electron chi connectivity index (χ3n) is 3.20. The van der Waals surface area contributed by atoms with E-state index in [-0.39, 0.29) is 18.2 Å². The predicted octanol–water partition coefficient (Wildman–Crippen LogP) is 1.68. The fraction of sp³-hybridized carbons (Fsp3) is 0.500. The first kappa shape index (κ1) is 11.7. The molecule has 0 amide bonds. The fourth-order valence-electron chi connectivity index (χ4n) is 1.99. The molecule has 3 rings (SSSR count). The van der Waals surface area contributed by atoms with E-state index in [2.05, 4.69) is 0 Å². The zero-order valence-electron chi connectivity index (χ0n) is 10.1. The fourth-order valence-corrected chi connectivity index (χ4v) is 1.99. The van der Waals surface area contributed by atoms with Gasteiger partial charge in [-0.2, -0.15) is 0 Å². The van der Waals surface area contributed by atoms with Gasteiger partial charge in [0.25, 0.3) is 0 Å². The van der Waals surface area contributed by atoms with Crippen LogP contribution in [0, 0.1) is 0 Å². The van der Waals surface area contributed by atoms with Gasteiger partial charge in [-0.1, -0.05) is 30.3 Å². The van der Waals surface area contributed by atoms with Crippen molar-refractivity contribution in [1.29, 1.82) is 0 Å². The molecule has 0 aromatic heterocycles. The molecule has 3 unspecified atom stereocenters. The van der Waals surface area contributed by atoms with E-state index in [0.29, 0.717) is 19.1 Å². The molecule has 2 aliphatic heterocycles. The zero-order chi connectivity index (χ0) is 12.4. The van der Waals surface area contributed by atoms with Crippen molar-refractivity contribution >= 4 is 5.97 Å². The molecular formula is C14H16O4. The Kier molecular flexibility index (Phi) is 3.30. The molecule has 18 heavy (non-hydrogen) atoms.